The first-order valence-electron chi connectivity index (χ1n) is 8.76. The Morgan fingerprint density at radius 3 is 2.75 bits per heavy atom. The van der Waals surface area contributed by atoms with Crippen LogP contribution in [0, 0.1) is 5.82 Å². The van der Waals surface area contributed by atoms with E-state index in [1.54, 1.807) is 18.1 Å². The van der Waals surface area contributed by atoms with Gasteiger partial charge in [0.2, 0.25) is 5.82 Å². The van der Waals surface area contributed by atoms with Gasteiger partial charge in [0.15, 0.2) is 0 Å². The fraction of sp³-hybridized carbons (Fsp3) is 0.250. The third kappa shape index (κ3) is 3.86. The zero-order chi connectivity index (χ0) is 19.5. The number of methoxy groups -OCH3 is 1. The lowest BCUT2D eigenvalue weighted by atomic mass is 10.1. The molecule has 1 amide bonds. The minimum Gasteiger partial charge on any atom is -0.487 e. The second kappa shape index (κ2) is 7.77. The van der Waals surface area contributed by atoms with E-state index in [-0.39, 0.29) is 18.6 Å². The van der Waals surface area contributed by atoms with Gasteiger partial charge >= 0.3 is 0 Å². The monoisotopic (exact) mass is 383 g/mol. The number of rotatable bonds is 6. The second-order valence-corrected chi connectivity index (χ2v) is 6.43. The van der Waals surface area contributed by atoms with Gasteiger partial charge in [-0.15, -0.1) is 0 Å². The third-order valence-corrected chi connectivity index (χ3v) is 4.36. The van der Waals surface area contributed by atoms with Gasteiger partial charge in [-0.2, -0.15) is 4.98 Å². The molecule has 0 unspecified atom stereocenters. The normalized spacial score (nSPS) is 14.0. The van der Waals surface area contributed by atoms with Crippen LogP contribution in [0.25, 0.3) is 11.4 Å². The highest BCUT2D eigenvalue weighted by Gasteiger charge is 2.32. The van der Waals surface area contributed by atoms with E-state index in [1.165, 1.54) is 18.2 Å². The molecule has 28 heavy (non-hydrogen) atoms. The largest absolute Gasteiger partial charge is 0.487 e. The molecule has 3 aromatic rings. The molecule has 1 fully saturated rings. The maximum Gasteiger partial charge on any atom is 0.254 e. The van der Waals surface area contributed by atoms with Crippen LogP contribution in [0.1, 0.15) is 16.2 Å². The number of nitrogens with zero attached hydrogens (tertiary/aromatic N) is 3. The van der Waals surface area contributed by atoms with E-state index in [9.17, 15) is 9.18 Å². The van der Waals surface area contributed by atoms with E-state index in [0.717, 1.165) is 5.56 Å². The van der Waals surface area contributed by atoms with Crippen LogP contribution in [0.15, 0.2) is 53.1 Å². The van der Waals surface area contributed by atoms with Crippen molar-refractivity contribution in [3.63, 3.8) is 0 Å². The van der Waals surface area contributed by atoms with Crippen LogP contribution in [0.5, 0.6) is 5.75 Å². The summed E-state index contributed by atoms with van der Waals surface area (Å²) in [5.74, 6) is 0.963. The van der Waals surface area contributed by atoms with Crippen molar-refractivity contribution in [1.29, 1.82) is 0 Å². The molecule has 4 rings (SSSR count). The van der Waals surface area contributed by atoms with Gasteiger partial charge in [0.25, 0.3) is 11.8 Å². The van der Waals surface area contributed by atoms with E-state index in [1.807, 2.05) is 24.3 Å². The Balaban J connectivity index is 1.31. The van der Waals surface area contributed by atoms with Crippen LogP contribution < -0.4 is 4.74 Å². The Kier molecular flexibility index (Phi) is 5.03. The summed E-state index contributed by atoms with van der Waals surface area (Å²) in [4.78, 5) is 18.2. The topological polar surface area (TPSA) is 77.7 Å². The summed E-state index contributed by atoms with van der Waals surface area (Å²) in [5, 5.41) is 3.91. The second-order valence-electron chi connectivity index (χ2n) is 6.43. The zero-order valence-electron chi connectivity index (χ0n) is 15.2. The molecule has 2 aromatic carbocycles. The molecule has 0 spiro atoms. The average Bonchev–Trinajstić information content (AvgIpc) is 3.13. The minimum atomic E-state index is -0.421. The molecule has 0 saturated carbocycles. The van der Waals surface area contributed by atoms with Crippen molar-refractivity contribution >= 4 is 5.91 Å². The summed E-state index contributed by atoms with van der Waals surface area (Å²) in [6, 6.07) is 13.0. The molecular weight excluding hydrogens is 365 g/mol. The molecule has 1 aliphatic rings. The highest BCUT2D eigenvalue weighted by Crippen LogP contribution is 2.23. The van der Waals surface area contributed by atoms with Gasteiger partial charge < -0.3 is 18.9 Å². The average molecular weight is 383 g/mol. The molecule has 144 valence electrons. The van der Waals surface area contributed by atoms with Crippen LogP contribution in [0.4, 0.5) is 4.39 Å². The zero-order valence-corrected chi connectivity index (χ0v) is 15.2. The SMILES string of the molecule is COCc1nc(-c2ccc(OC3CN(C(=O)c4cccc(F)c4)C3)cc2)no1. The van der Waals surface area contributed by atoms with Gasteiger partial charge in [-0.1, -0.05) is 11.2 Å². The minimum absolute atomic E-state index is 0.0955. The molecule has 1 saturated heterocycles. The number of benzene rings is 2. The van der Waals surface area contributed by atoms with E-state index >= 15 is 0 Å². The summed E-state index contributed by atoms with van der Waals surface area (Å²) in [6.07, 6.45) is -0.0955. The Labute approximate surface area is 160 Å². The molecule has 0 bridgehead atoms. The smallest absolute Gasteiger partial charge is 0.254 e. The lowest BCUT2D eigenvalue weighted by Crippen LogP contribution is -2.56. The van der Waals surface area contributed by atoms with Gasteiger partial charge in [0, 0.05) is 18.2 Å². The number of likely N-dealkylation sites (tertiary alicyclic amines) is 1. The van der Waals surface area contributed by atoms with Crippen LogP contribution in [-0.4, -0.2) is 47.3 Å². The number of carbonyl (C=O) groups excluding carboxylic acids is 1. The predicted molar refractivity (Wildman–Crippen MR) is 97.2 cm³/mol. The van der Waals surface area contributed by atoms with Gasteiger partial charge in [-0.25, -0.2) is 4.39 Å². The van der Waals surface area contributed by atoms with Gasteiger partial charge in [0.05, 0.1) is 13.1 Å². The van der Waals surface area contributed by atoms with E-state index in [0.29, 0.717) is 36.1 Å². The number of aromatic nitrogens is 2. The predicted octanol–water partition coefficient (Wildman–Crippen LogP) is 2.93. The summed E-state index contributed by atoms with van der Waals surface area (Å²) >= 11 is 0. The van der Waals surface area contributed by atoms with Crippen molar-refractivity contribution in [2.45, 2.75) is 12.7 Å². The molecule has 0 aliphatic carbocycles. The molecule has 1 aromatic heterocycles. The summed E-state index contributed by atoms with van der Waals surface area (Å²) in [6.45, 7) is 1.19. The van der Waals surface area contributed by atoms with Crippen molar-refractivity contribution in [2.24, 2.45) is 0 Å². The lowest BCUT2D eigenvalue weighted by molar-refractivity contribution is 0.0177. The fourth-order valence-electron chi connectivity index (χ4n) is 2.91. The molecule has 0 N–H and O–H groups in total. The van der Waals surface area contributed by atoms with Crippen molar-refractivity contribution < 1.29 is 23.2 Å². The highest BCUT2D eigenvalue weighted by atomic mass is 19.1. The molecule has 8 heteroatoms. The first-order valence-corrected chi connectivity index (χ1v) is 8.76. The number of carbonyl (C=O) groups is 1. The molecule has 0 radical (unpaired) electrons. The highest BCUT2D eigenvalue weighted by molar-refractivity contribution is 5.94. The summed E-state index contributed by atoms with van der Waals surface area (Å²) in [5.41, 5.74) is 1.14. The summed E-state index contributed by atoms with van der Waals surface area (Å²) < 4.78 is 29.2. The molecule has 7 nitrogen and oxygen atoms in total. The number of halogens is 1. The lowest BCUT2D eigenvalue weighted by Gasteiger charge is -2.39. The number of ether oxygens (including phenoxy) is 2. The van der Waals surface area contributed by atoms with Crippen molar-refractivity contribution in [3.8, 4) is 17.1 Å². The summed E-state index contributed by atoms with van der Waals surface area (Å²) in [7, 11) is 1.56. The van der Waals surface area contributed by atoms with E-state index in [2.05, 4.69) is 10.1 Å². The Hall–Kier alpha value is -3.26. The molecular formula is C20H18FN3O4. The standard InChI is InChI=1S/C20H18FN3O4/c1-26-12-18-22-19(23-28-18)13-5-7-16(8-6-13)27-17-10-24(11-17)20(25)14-3-2-4-15(21)9-14/h2-9,17H,10-12H2,1H3. The van der Waals surface area contributed by atoms with Crippen LogP contribution in [0.2, 0.25) is 0 Å². The Morgan fingerprint density at radius 2 is 2.04 bits per heavy atom. The van der Waals surface area contributed by atoms with Crippen LogP contribution in [0.3, 0.4) is 0 Å². The van der Waals surface area contributed by atoms with Gasteiger partial charge in [-0.05, 0) is 42.5 Å². The fourth-order valence-corrected chi connectivity index (χ4v) is 2.91. The maximum atomic E-state index is 13.3. The quantitative estimate of drug-likeness (QED) is 0.651. The van der Waals surface area contributed by atoms with Crippen molar-refractivity contribution in [1.82, 2.24) is 15.0 Å². The van der Waals surface area contributed by atoms with Crippen LogP contribution >= 0.6 is 0 Å². The first-order chi connectivity index (χ1) is 13.6. The van der Waals surface area contributed by atoms with Gasteiger partial charge in [-0.3, -0.25) is 4.79 Å². The van der Waals surface area contributed by atoms with Crippen LogP contribution in [-0.2, 0) is 11.3 Å². The number of amides is 1. The molecule has 2 heterocycles. The first kappa shape index (κ1) is 18.1. The van der Waals surface area contributed by atoms with E-state index in [4.69, 9.17) is 14.0 Å². The molecule has 1 aliphatic heterocycles. The van der Waals surface area contributed by atoms with Gasteiger partial charge in [0.1, 0.15) is 24.3 Å². The third-order valence-electron chi connectivity index (χ3n) is 4.36. The Bertz CT molecular complexity index is 968. The maximum absolute atomic E-state index is 13.3. The van der Waals surface area contributed by atoms with Crippen molar-refractivity contribution in [2.75, 3.05) is 20.2 Å². The van der Waals surface area contributed by atoms with Crippen molar-refractivity contribution in [3.05, 3.63) is 65.8 Å². The molecule has 0 atom stereocenters. The number of hydrogen-bond donors (Lipinski definition) is 0. The van der Waals surface area contributed by atoms with E-state index < -0.39 is 5.82 Å². The Morgan fingerprint density at radius 1 is 1.25 bits per heavy atom. The number of hydrogen-bond acceptors (Lipinski definition) is 6.